The molecule has 2 bridgehead atoms. The molecule has 2 atom stereocenters. The number of halogens is 2. The van der Waals surface area contributed by atoms with Gasteiger partial charge in [0, 0.05) is 24.0 Å². The molecule has 2 aromatic carbocycles. The van der Waals surface area contributed by atoms with Gasteiger partial charge in [-0.15, -0.1) is 0 Å². The minimum absolute atomic E-state index is 0.184. The predicted molar refractivity (Wildman–Crippen MR) is 92.4 cm³/mol. The van der Waals surface area contributed by atoms with Crippen molar-refractivity contribution in [3.63, 3.8) is 0 Å². The summed E-state index contributed by atoms with van der Waals surface area (Å²) in [6, 6.07) is 6.91. The third-order valence-corrected chi connectivity index (χ3v) is 5.05. The van der Waals surface area contributed by atoms with Crippen molar-refractivity contribution in [2.75, 3.05) is 0 Å². The van der Waals surface area contributed by atoms with Crippen LogP contribution in [-0.4, -0.2) is 12.2 Å². The zero-order chi connectivity index (χ0) is 17.6. The first-order valence-electron chi connectivity index (χ1n) is 8.91. The maximum absolute atomic E-state index is 14.5. The van der Waals surface area contributed by atoms with Crippen LogP contribution in [-0.2, 0) is 12.8 Å². The standard InChI is InChI=1S/C21H22F2O2/c1-12-6-14-10-16-4-3-5-17(24-20(14)18(22)8-12)11-15-7-13(2)9-19(23)21(15)25-16/h6-9,16-17H,3-5,10-11H2,1-2H3. The molecule has 2 aliphatic rings. The van der Waals surface area contributed by atoms with Gasteiger partial charge in [0.1, 0.15) is 12.2 Å². The van der Waals surface area contributed by atoms with Crippen molar-refractivity contribution in [3.8, 4) is 11.5 Å². The normalized spacial score (nSPS) is 22.2. The second kappa shape index (κ2) is 6.32. The van der Waals surface area contributed by atoms with Crippen molar-refractivity contribution in [1.82, 2.24) is 0 Å². The molecule has 0 saturated heterocycles. The summed E-state index contributed by atoms with van der Waals surface area (Å²) in [5, 5.41) is 0. The summed E-state index contributed by atoms with van der Waals surface area (Å²) in [7, 11) is 0. The van der Waals surface area contributed by atoms with Crippen LogP contribution in [0.2, 0.25) is 0 Å². The molecular weight excluding hydrogens is 322 g/mol. The molecular formula is C21H22F2O2. The summed E-state index contributed by atoms with van der Waals surface area (Å²) in [4.78, 5) is 0. The second-order valence-corrected chi connectivity index (χ2v) is 7.29. The van der Waals surface area contributed by atoms with E-state index in [1.807, 2.05) is 26.0 Å². The average molecular weight is 344 g/mol. The highest BCUT2D eigenvalue weighted by atomic mass is 19.1. The number of aryl methyl sites for hydroxylation is 2. The Morgan fingerprint density at radius 2 is 1.20 bits per heavy atom. The van der Waals surface area contributed by atoms with Crippen molar-refractivity contribution in [2.24, 2.45) is 0 Å². The highest BCUT2D eigenvalue weighted by Crippen LogP contribution is 2.36. The van der Waals surface area contributed by atoms with Gasteiger partial charge in [0.25, 0.3) is 0 Å². The quantitative estimate of drug-likeness (QED) is 0.665. The zero-order valence-electron chi connectivity index (χ0n) is 14.6. The smallest absolute Gasteiger partial charge is 0.165 e. The lowest BCUT2D eigenvalue weighted by atomic mass is 10.0. The van der Waals surface area contributed by atoms with Gasteiger partial charge in [-0.25, -0.2) is 8.78 Å². The molecule has 4 rings (SSSR count). The van der Waals surface area contributed by atoms with E-state index in [1.54, 1.807) is 0 Å². The predicted octanol–water partition coefficient (Wildman–Crippen LogP) is 5.06. The van der Waals surface area contributed by atoms with Gasteiger partial charge >= 0.3 is 0 Å². The van der Waals surface area contributed by atoms with Crippen molar-refractivity contribution in [3.05, 3.63) is 58.2 Å². The fourth-order valence-electron chi connectivity index (χ4n) is 3.97. The zero-order valence-corrected chi connectivity index (χ0v) is 14.6. The molecule has 2 nitrogen and oxygen atoms in total. The minimum atomic E-state index is -0.322. The van der Waals surface area contributed by atoms with Gasteiger partial charge in [0.05, 0.1) is 0 Å². The van der Waals surface area contributed by atoms with Crippen LogP contribution < -0.4 is 9.47 Å². The lowest BCUT2D eigenvalue weighted by molar-refractivity contribution is 0.179. The SMILES string of the molecule is Cc1cc(F)c2c(c1)CC1CCCC(Cc3cc(C)cc(F)c3O1)O2. The monoisotopic (exact) mass is 344 g/mol. The average Bonchev–Trinajstić information content (AvgIpc) is 2.65. The molecule has 2 unspecified atom stereocenters. The van der Waals surface area contributed by atoms with E-state index < -0.39 is 0 Å². The van der Waals surface area contributed by atoms with Crippen LogP contribution in [0, 0.1) is 25.5 Å². The molecule has 0 fully saturated rings. The Morgan fingerprint density at radius 3 is 1.64 bits per heavy atom. The topological polar surface area (TPSA) is 18.5 Å². The molecule has 0 aliphatic carbocycles. The Morgan fingerprint density at radius 1 is 0.760 bits per heavy atom. The van der Waals surface area contributed by atoms with E-state index in [-0.39, 0.29) is 23.8 Å². The summed E-state index contributed by atoms with van der Waals surface area (Å²) in [6.45, 7) is 3.74. The fourth-order valence-corrected chi connectivity index (χ4v) is 3.97. The van der Waals surface area contributed by atoms with E-state index in [1.165, 1.54) is 12.1 Å². The molecule has 0 N–H and O–H groups in total. The Bertz CT molecular complexity index is 749. The summed E-state index contributed by atoms with van der Waals surface area (Å²) in [5.74, 6) is 0.0269. The molecule has 0 amide bonds. The lowest BCUT2D eigenvalue weighted by Crippen LogP contribution is -2.24. The summed E-state index contributed by atoms with van der Waals surface area (Å²) in [6.07, 6.45) is 3.20. The van der Waals surface area contributed by atoms with Crippen LogP contribution in [0.4, 0.5) is 8.78 Å². The number of hydrogen-bond donors (Lipinski definition) is 0. The van der Waals surface area contributed by atoms with Gasteiger partial charge in [-0.1, -0.05) is 12.1 Å². The van der Waals surface area contributed by atoms with Crippen LogP contribution in [0.5, 0.6) is 11.5 Å². The van der Waals surface area contributed by atoms with Gasteiger partial charge in [0.15, 0.2) is 23.1 Å². The third kappa shape index (κ3) is 3.22. The van der Waals surface area contributed by atoms with Crippen LogP contribution in [0.1, 0.15) is 41.5 Å². The van der Waals surface area contributed by atoms with Gasteiger partial charge in [-0.2, -0.15) is 0 Å². The minimum Gasteiger partial charge on any atom is -0.487 e. The summed E-state index contributed by atoms with van der Waals surface area (Å²) < 4.78 is 41.3. The molecule has 0 radical (unpaired) electrons. The highest BCUT2D eigenvalue weighted by molar-refractivity contribution is 5.42. The van der Waals surface area contributed by atoms with Gasteiger partial charge in [-0.3, -0.25) is 0 Å². The molecule has 25 heavy (non-hydrogen) atoms. The molecule has 0 saturated carbocycles. The number of ether oxygens (including phenoxy) is 2. The Kier molecular flexibility index (Phi) is 4.14. The van der Waals surface area contributed by atoms with E-state index >= 15 is 0 Å². The van der Waals surface area contributed by atoms with Gasteiger partial charge in [-0.05, 0) is 56.4 Å². The molecule has 2 aliphatic heterocycles. The van der Waals surface area contributed by atoms with Crippen molar-refractivity contribution in [1.29, 1.82) is 0 Å². The maximum atomic E-state index is 14.5. The molecule has 4 heteroatoms. The van der Waals surface area contributed by atoms with E-state index in [9.17, 15) is 8.78 Å². The molecule has 132 valence electrons. The van der Waals surface area contributed by atoms with E-state index in [2.05, 4.69) is 0 Å². The maximum Gasteiger partial charge on any atom is 0.165 e. The molecule has 2 aromatic rings. The Hall–Kier alpha value is -2.10. The molecule has 2 heterocycles. The lowest BCUT2D eigenvalue weighted by Gasteiger charge is -2.25. The van der Waals surface area contributed by atoms with E-state index in [4.69, 9.17) is 9.47 Å². The van der Waals surface area contributed by atoms with Crippen LogP contribution >= 0.6 is 0 Å². The first-order chi connectivity index (χ1) is 12.0. The number of benzene rings is 2. The van der Waals surface area contributed by atoms with Crippen molar-refractivity contribution < 1.29 is 18.3 Å². The van der Waals surface area contributed by atoms with Crippen molar-refractivity contribution in [2.45, 2.75) is 58.2 Å². The van der Waals surface area contributed by atoms with Gasteiger partial charge < -0.3 is 9.47 Å². The Labute approximate surface area is 146 Å². The Balaban J connectivity index is 1.83. The van der Waals surface area contributed by atoms with E-state index in [0.29, 0.717) is 24.3 Å². The van der Waals surface area contributed by atoms with Crippen LogP contribution in [0.15, 0.2) is 24.3 Å². The summed E-state index contributed by atoms with van der Waals surface area (Å²) >= 11 is 0. The van der Waals surface area contributed by atoms with Gasteiger partial charge in [0.2, 0.25) is 0 Å². The number of rotatable bonds is 0. The second-order valence-electron chi connectivity index (χ2n) is 7.29. The first kappa shape index (κ1) is 16.4. The third-order valence-electron chi connectivity index (χ3n) is 5.05. The number of hydrogen-bond acceptors (Lipinski definition) is 2. The summed E-state index contributed by atoms with van der Waals surface area (Å²) in [5.41, 5.74) is 3.33. The van der Waals surface area contributed by atoms with Crippen molar-refractivity contribution >= 4 is 0 Å². The first-order valence-corrected chi connectivity index (χ1v) is 8.91. The number of fused-ring (bicyclic) bond motifs is 6. The fraction of sp³-hybridized carbons (Fsp3) is 0.429. The highest BCUT2D eigenvalue weighted by Gasteiger charge is 2.28. The largest absolute Gasteiger partial charge is 0.487 e. The van der Waals surface area contributed by atoms with Crippen LogP contribution in [0.25, 0.3) is 0 Å². The molecule has 0 spiro atoms. The van der Waals surface area contributed by atoms with E-state index in [0.717, 1.165) is 41.5 Å². The molecule has 0 aromatic heterocycles. The van der Waals surface area contributed by atoms with Crippen LogP contribution in [0.3, 0.4) is 0 Å².